The zero-order chi connectivity index (χ0) is 18.9. The Labute approximate surface area is 168 Å². The lowest BCUT2D eigenvalue weighted by molar-refractivity contribution is -0.0235. The zero-order valence-electron chi connectivity index (χ0n) is 16.0. The molecule has 2 aromatic carbocycles. The molecule has 6 heteroatoms. The van der Waals surface area contributed by atoms with E-state index in [-0.39, 0.29) is 12.2 Å². The van der Waals surface area contributed by atoms with E-state index < -0.39 is 0 Å². The molecule has 0 radical (unpaired) electrons. The Hall–Kier alpha value is -2.15. The van der Waals surface area contributed by atoms with E-state index in [0.29, 0.717) is 13.2 Å². The molecule has 3 heterocycles. The predicted molar refractivity (Wildman–Crippen MR) is 110 cm³/mol. The maximum absolute atomic E-state index is 6.66. The quantitative estimate of drug-likeness (QED) is 0.659. The van der Waals surface area contributed by atoms with Gasteiger partial charge in [0.15, 0.2) is 11.5 Å². The Kier molecular flexibility index (Phi) is 4.93. The minimum atomic E-state index is -0.193. The normalized spacial score (nSPS) is 19.0. The van der Waals surface area contributed by atoms with Gasteiger partial charge in [0.2, 0.25) is 0 Å². The molecule has 0 saturated carbocycles. The minimum absolute atomic E-state index is 0.193. The lowest BCUT2D eigenvalue weighted by Gasteiger charge is -2.31. The monoisotopic (exact) mass is 396 g/mol. The highest BCUT2D eigenvalue weighted by Crippen LogP contribution is 2.39. The highest BCUT2D eigenvalue weighted by Gasteiger charge is 2.27. The number of hydrogen-bond acceptors (Lipinski definition) is 6. The van der Waals surface area contributed by atoms with Crippen LogP contribution in [0.3, 0.4) is 0 Å². The van der Waals surface area contributed by atoms with Crippen molar-refractivity contribution >= 4 is 21.6 Å². The third-order valence-corrected chi connectivity index (χ3v) is 6.48. The van der Waals surface area contributed by atoms with Crippen molar-refractivity contribution in [1.29, 1.82) is 0 Å². The van der Waals surface area contributed by atoms with Gasteiger partial charge in [0.1, 0.15) is 24.3 Å². The molecule has 0 N–H and O–H groups in total. The van der Waals surface area contributed by atoms with Crippen molar-refractivity contribution in [1.82, 2.24) is 9.88 Å². The third kappa shape index (κ3) is 3.60. The first-order chi connectivity index (χ1) is 13.8. The molecule has 1 saturated heterocycles. The molecule has 1 atom stereocenters. The van der Waals surface area contributed by atoms with Crippen LogP contribution in [0.15, 0.2) is 42.5 Å². The molecule has 5 rings (SSSR count). The molecule has 0 bridgehead atoms. The summed E-state index contributed by atoms with van der Waals surface area (Å²) < 4.78 is 19.3. The van der Waals surface area contributed by atoms with Crippen molar-refractivity contribution in [2.75, 3.05) is 33.4 Å². The summed E-state index contributed by atoms with van der Waals surface area (Å²) >= 11 is 1.71. The summed E-state index contributed by atoms with van der Waals surface area (Å²) in [5, 5.41) is 0.997. The summed E-state index contributed by atoms with van der Waals surface area (Å²) in [5.41, 5.74) is 2.10. The molecule has 0 amide bonds. The molecular weight excluding hydrogens is 372 g/mol. The van der Waals surface area contributed by atoms with Crippen LogP contribution < -0.4 is 9.47 Å². The van der Waals surface area contributed by atoms with E-state index in [0.717, 1.165) is 53.5 Å². The molecule has 28 heavy (non-hydrogen) atoms. The fourth-order valence-electron chi connectivity index (χ4n) is 3.82. The second kappa shape index (κ2) is 7.70. The summed E-state index contributed by atoms with van der Waals surface area (Å²) in [6, 6.07) is 14.4. The van der Waals surface area contributed by atoms with E-state index in [9.17, 15) is 0 Å². The smallest absolute Gasteiger partial charge is 0.161 e. The number of nitrogens with zero attached hydrogens (tertiary/aromatic N) is 2. The fraction of sp³-hybridized carbons (Fsp3) is 0.409. The van der Waals surface area contributed by atoms with E-state index >= 15 is 0 Å². The molecule has 5 nitrogen and oxygen atoms in total. The van der Waals surface area contributed by atoms with Crippen LogP contribution in [0.1, 0.15) is 29.5 Å². The topological polar surface area (TPSA) is 43.8 Å². The second-order valence-corrected chi connectivity index (χ2v) is 8.50. The Bertz CT molecular complexity index is 932. The number of para-hydroxylation sites is 1. The van der Waals surface area contributed by atoms with Gasteiger partial charge in [0.05, 0.1) is 16.3 Å². The minimum Gasteiger partial charge on any atom is -0.486 e. The van der Waals surface area contributed by atoms with Gasteiger partial charge in [-0.1, -0.05) is 18.2 Å². The molecule has 1 unspecified atom stereocenters. The maximum atomic E-state index is 6.66. The molecule has 146 valence electrons. The van der Waals surface area contributed by atoms with E-state index in [1.165, 1.54) is 4.70 Å². The van der Waals surface area contributed by atoms with Crippen LogP contribution >= 0.6 is 11.3 Å². The van der Waals surface area contributed by atoms with Crippen LogP contribution in [-0.2, 0) is 4.74 Å². The molecular formula is C22H24N2O3S. The van der Waals surface area contributed by atoms with E-state index in [2.05, 4.69) is 42.3 Å². The molecule has 0 spiro atoms. The third-order valence-electron chi connectivity index (χ3n) is 5.40. The van der Waals surface area contributed by atoms with Gasteiger partial charge in [-0.05, 0) is 49.7 Å². The summed E-state index contributed by atoms with van der Waals surface area (Å²) in [6.07, 6.45) is 2.13. The standard InChI is InChI=1S/C22H24N2O3S/c1-24-10-8-16(9-11-24)27-21(22-23-17-4-2-3-5-20(17)28-22)15-6-7-18-19(14-15)26-13-12-25-18/h2-7,14,16,21H,8-13H2,1H3. The van der Waals surface area contributed by atoms with Gasteiger partial charge in [-0.3, -0.25) is 0 Å². The largest absolute Gasteiger partial charge is 0.486 e. The van der Waals surface area contributed by atoms with E-state index in [1.807, 2.05) is 12.1 Å². The summed E-state index contributed by atoms with van der Waals surface area (Å²) in [6.45, 7) is 3.31. The Morgan fingerprint density at radius 2 is 1.86 bits per heavy atom. The first-order valence-electron chi connectivity index (χ1n) is 9.85. The number of ether oxygens (including phenoxy) is 3. The molecule has 0 aliphatic carbocycles. The van der Waals surface area contributed by atoms with Crippen LogP contribution in [-0.4, -0.2) is 49.3 Å². The van der Waals surface area contributed by atoms with Gasteiger partial charge < -0.3 is 19.1 Å². The Balaban J connectivity index is 1.50. The molecule has 2 aliphatic heterocycles. The summed E-state index contributed by atoms with van der Waals surface area (Å²) in [5.74, 6) is 1.60. The molecule has 1 aromatic heterocycles. The lowest BCUT2D eigenvalue weighted by atomic mass is 10.1. The number of hydrogen-bond donors (Lipinski definition) is 0. The SMILES string of the molecule is CN1CCC(OC(c2ccc3c(c2)OCCO3)c2nc3ccccc3s2)CC1. The van der Waals surface area contributed by atoms with Crippen molar-refractivity contribution in [3.05, 3.63) is 53.0 Å². The van der Waals surface area contributed by atoms with E-state index in [4.69, 9.17) is 19.2 Å². The fourth-order valence-corrected chi connectivity index (χ4v) is 4.85. The van der Waals surface area contributed by atoms with Crippen molar-refractivity contribution in [2.24, 2.45) is 0 Å². The van der Waals surface area contributed by atoms with Crippen molar-refractivity contribution in [2.45, 2.75) is 25.0 Å². The van der Waals surface area contributed by atoms with Gasteiger partial charge in [-0.2, -0.15) is 0 Å². The van der Waals surface area contributed by atoms with Crippen LogP contribution in [0.2, 0.25) is 0 Å². The number of aromatic nitrogens is 1. The number of likely N-dealkylation sites (tertiary alicyclic amines) is 1. The van der Waals surface area contributed by atoms with Crippen LogP contribution in [0.25, 0.3) is 10.2 Å². The van der Waals surface area contributed by atoms with Gasteiger partial charge >= 0.3 is 0 Å². The Morgan fingerprint density at radius 3 is 2.68 bits per heavy atom. The summed E-state index contributed by atoms with van der Waals surface area (Å²) in [7, 11) is 2.17. The summed E-state index contributed by atoms with van der Waals surface area (Å²) in [4.78, 5) is 7.25. The zero-order valence-corrected chi connectivity index (χ0v) is 16.8. The number of thiazole rings is 1. The lowest BCUT2D eigenvalue weighted by Crippen LogP contribution is -2.35. The highest BCUT2D eigenvalue weighted by atomic mass is 32.1. The first kappa shape index (κ1) is 17.9. The van der Waals surface area contributed by atoms with Crippen molar-refractivity contribution in [3.8, 4) is 11.5 Å². The van der Waals surface area contributed by atoms with Gasteiger partial charge in [0, 0.05) is 13.1 Å². The number of rotatable bonds is 4. The Morgan fingerprint density at radius 1 is 1.07 bits per heavy atom. The highest BCUT2D eigenvalue weighted by molar-refractivity contribution is 7.18. The maximum Gasteiger partial charge on any atom is 0.161 e. The number of benzene rings is 2. The van der Waals surface area contributed by atoms with Crippen molar-refractivity contribution < 1.29 is 14.2 Å². The average molecular weight is 397 g/mol. The number of piperidine rings is 1. The van der Waals surface area contributed by atoms with Gasteiger partial charge in [-0.25, -0.2) is 4.98 Å². The van der Waals surface area contributed by atoms with Crippen LogP contribution in [0, 0.1) is 0 Å². The average Bonchev–Trinajstić information content (AvgIpc) is 3.17. The van der Waals surface area contributed by atoms with Crippen molar-refractivity contribution in [3.63, 3.8) is 0 Å². The van der Waals surface area contributed by atoms with Crippen LogP contribution in [0.5, 0.6) is 11.5 Å². The predicted octanol–water partition coefficient (Wildman–Crippen LogP) is 4.27. The molecule has 2 aliphatic rings. The van der Waals surface area contributed by atoms with Gasteiger partial charge in [-0.15, -0.1) is 11.3 Å². The first-order valence-corrected chi connectivity index (χ1v) is 10.7. The van der Waals surface area contributed by atoms with Crippen LogP contribution in [0.4, 0.5) is 0 Å². The second-order valence-electron chi connectivity index (χ2n) is 7.44. The van der Waals surface area contributed by atoms with E-state index in [1.54, 1.807) is 11.3 Å². The van der Waals surface area contributed by atoms with Gasteiger partial charge in [0.25, 0.3) is 0 Å². The number of fused-ring (bicyclic) bond motifs is 2. The molecule has 3 aromatic rings. The molecule has 1 fully saturated rings.